The molecule has 0 atom stereocenters. The van der Waals surface area contributed by atoms with Crippen LogP contribution in [0, 0.1) is 0 Å². The maximum atomic E-state index is 6.09. The summed E-state index contributed by atoms with van der Waals surface area (Å²) in [5, 5.41) is 9.98. The van der Waals surface area contributed by atoms with Crippen molar-refractivity contribution in [1.82, 2.24) is 29.5 Å². The predicted molar refractivity (Wildman–Crippen MR) is 157 cm³/mol. The third-order valence-corrected chi connectivity index (χ3v) is 7.76. The predicted octanol–water partition coefficient (Wildman–Crippen LogP) is 4.36. The van der Waals surface area contributed by atoms with Crippen LogP contribution in [0.5, 0.6) is 0 Å². The van der Waals surface area contributed by atoms with Crippen molar-refractivity contribution in [2.75, 3.05) is 76.3 Å². The average Bonchev–Trinajstić information content (AvgIpc) is 3.38. The minimum Gasteiger partial charge on any atom is -0.378 e. The molecule has 1 N–H and O–H groups in total. The second-order valence-corrected chi connectivity index (χ2v) is 10.7. The van der Waals surface area contributed by atoms with Crippen LogP contribution in [0.2, 0.25) is 5.02 Å². The van der Waals surface area contributed by atoms with Crippen molar-refractivity contribution in [2.45, 2.75) is 13.0 Å². The van der Waals surface area contributed by atoms with Crippen LogP contribution < -0.4 is 10.2 Å². The number of hydrogen-bond donors (Lipinski definition) is 1. The topological polar surface area (TPSA) is 74.6 Å². The van der Waals surface area contributed by atoms with Crippen molar-refractivity contribution in [3.8, 4) is 11.3 Å². The zero-order chi connectivity index (χ0) is 26.6. The molecule has 2 saturated heterocycles. The maximum absolute atomic E-state index is 6.09. The molecule has 0 amide bonds. The van der Waals surface area contributed by atoms with Crippen LogP contribution in [-0.4, -0.2) is 95.6 Å². The lowest BCUT2D eigenvalue weighted by molar-refractivity contribution is 0.122. The number of morpholine rings is 1. The Morgan fingerprint density at radius 3 is 2.49 bits per heavy atom. The summed E-state index contributed by atoms with van der Waals surface area (Å²) in [4.78, 5) is 17.0. The second kappa shape index (κ2) is 11.9. The van der Waals surface area contributed by atoms with E-state index in [1.807, 2.05) is 36.5 Å². The monoisotopic (exact) mass is 546 g/mol. The van der Waals surface area contributed by atoms with Gasteiger partial charge in [0.1, 0.15) is 5.82 Å². The third-order valence-electron chi connectivity index (χ3n) is 7.51. The van der Waals surface area contributed by atoms with E-state index in [2.05, 4.69) is 49.9 Å². The highest BCUT2D eigenvalue weighted by Crippen LogP contribution is 2.28. The maximum Gasteiger partial charge on any atom is 0.228 e. The molecule has 9 nitrogen and oxygen atoms in total. The fourth-order valence-corrected chi connectivity index (χ4v) is 5.28. The molecule has 0 aliphatic carbocycles. The van der Waals surface area contributed by atoms with E-state index in [1.165, 1.54) is 0 Å². The van der Waals surface area contributed by atoms with Crippen molar-refractivity contribution in [3.63, 3.8) is 0 Å². The Balaban J connectivity index is 1.26. The first-order chi connectivity index (χ1) is 19.1. The summed E-state index contributed by atoms with van der Waals surface area (Å²) in [5.74, 6) is 1.44. The van der Waals surface area contributed by atoms with Gasteiger partial charge in [0.25, 0.3) is 0 Å². The molecule has 4 heterocycles. The summed E-state index contributed by atoms with van der Waals surface area (Å²) < 4.78 is 7.69. The molecule has 2 aliphatic rings. The van der Waals surface area contributed by atoms with Gasteiger partial charge in [-0.3, -0.25) is 4.68 Å². The van der Waals surface area contributed by atoms with Gasteiger partial charge in [0.15, 0.2) is 0 Å². The Labute approximate surface area is 234 Å². The number of piperazine rings is 1. The minimum atomic E-state index is 0.673. The number of nitrogens with one attached hydrogen (secondary N) is 1. The third kappa shape index (κ3) is 6.33. The summed E-state index contributed by atoms with van der Waals surface area (Å²) in [6.07, 6.45) is 3.04. The fourth-order valence-electron chi connectivity index (χ4n) is 5.16. The quantitative estimate of drug-likeness (QED) is 0.349. The van der Waals surface area contributed by atoms with E-state index in [-0.39, 0.29) is 0 Å². The van der Waals surface area contributed by atoms with Gasteiger partial charge in [-0.1, -0.05) is 23.7 Å². The average molecular weight is 547 g/mol. The zero-order valence-corrected chi connectivity index (χ0v) is 23.1. The van der Waals surface area contributed by atoms with Gasteiger partial charge in [-0.2, -0.15) is 10.1 Å². The highest BCUT2D eigenvalue weighted by atomic mass is 35.5. The summed E-state index contributed by atoms with van der Waals surface area (Å²) in [5.41, 5.74) is 3.96. The smallest absolute Gasteiger partial charge is 0.228 e. The van der Waals surface area contributed by atoms with Crippen molar-refractivity contribution in [2.24, 2.45) is 0 Å². The SMILES string of the molecule is CN1CCN(CCCn2ncc3ccc(-c4cc(Nc5ccc(Cl)cc5)nc(N5CCOCC5)n4)cc32)CC1. The van der Waals surface area contributed by atoms with Gasteiger partial charge < -0.3 is 24.8 Å². The molecule has 2 aliphatic heterocycles. The van der Waals surface area contributed by atoms with Gasteiger partial charge >= 0.3 is 0 Å². The molecule has 0 saturated carbocycles. The van der Waals surface area contributed by atoms with Crippen LogP contribution in [0.15, 0.2) is 54.7 Å². The highest BCUT2D eigenvalue weighted by Gasteiger charge is 2.18. The van der Waals surface area contributed by atoms with Crippen molar-refractivity contribution < 1.29 is 4.74 Å². The summed E-state index contributed by atoms with van der Waals surface area (Å²) >= 11 is 6.09. The number of nitrogens with zero attached hydrogens (tertiary/aromatic N) is 7. The van der Waals surface area contributed by atoms with Gasteiger partial charge in [0, 0.05) is 73.5 Å². The molecule has 0 spiro atoms. The lowest BCUT2D eigenvalue weighted by atomic mass is 10.1. The molecule has 0 unspecified atom stereocenters. The lowest BCUT2D eigenvalue weighted by Gasteiger charge is -2.32. The van der Waals surface area contributed by atoms with E-state index >= 15 is 0 Å². The number of fused-ring (bicyclic) bond motifs is 1. The summed E-state index contributed by atoms with van der Waals surface area (Å²) in [6, 6.07) is 16.1. The molecule has 4 aromatic rings. The van der Waals surface area contributed by atoms with E-state index in [4.69, 9.17) is 31.4 Å². The van der Waals surface area contributed by atoms with E-state index in [0.29, 0.717) is 24.2 Å². The standard InChI is InChI=1S/C29H35ClN8O/c1-35-11-13-36(14-12-35)9-2-10-38-27-19-22(3-4-23(27)21-31-38)26-20-28(32-25-7-5-24(30)6-8-25)34-29(33-26)37-15-17-39-18-16-37/h3-8,19-21H,2,9-18H2,1H3,(H,32,33,34). The number of halogens is 1. The Hall–Kier alpha value is -3.24. The highest BCUT2D eigenvalue weighted by molar-refractivity contribution is 6.30. The molecule has 0 radical (unpaired) electrons. The second-order valence-electron chi connectivity index (χ2n) is 10.3. The number of ether oxygens (including phenoxy) is 1. The number of aromatic nitrogens is 4. The van der Waals surface area contributed by atoms with Crippen molar-refractivity contribution >= 4 is 40.0 Å². The molecule has 6 rings (SSSR count). The Morgan fingerprint density at radius 2 is 1.69 bits per heavy atom. The van der Waals surface area contributed by atoms with E-state index in [9.17, 15) is 0 Å². The van der Waals surface area contributed by atoms with Gasteiger partial charge in [-0.25, -0.2) is 4.98 Å². The molecule has 0 bridgehead atoms. The molecule has 2 aromatic carbocycles. The first-order valence-corrected chi connectivity index (χ1v) is 14.1. The molecular formula is C29H35ClN8O. The number of aryl methyl sites for hydroxylation is 1. The van der Waals surface area contributed by atoms with Crippen LogP contribution in [0.3, 0.4) is 0 Å². The lowest BCUT2D eigenvalue weighted by Crippen LogP contribution is -2.44. The van der Waals surface area contributed by atoms with Gasteiger partial charge in [-0.15, -0.1) is 0 Å². The molecule has 204 valence electrons. The molecule has 2 aromatic heterocycles. The van der Waals surface area contributed by atoms with Crippen LogP contribution in [0.1, 0.15) is 6.42 Å². The van der Waals surface area contributed by atoms with E-state index in [0.717, 1.165) is 92.4 Å². The molecule has 10 heteroatoms. The number of benzene rings is 2. The van der Waals surface area contributed by atoms with Crippen molar-refractivity contribution in [1.29, 1.82) is 0 Å². The van der Waals surface area contributed by atoms with E-state index in [1.54, 1.807) is 0 Å². The van der Waals surface area contributed by atoms with Crippen LogP contribution >= 0.6 is 11.6 Å². The molecule has 2 fully saturated rings. The number of likely N-dealkylation sites (N-methyl/N-ethyl adjacent to an activating group) is 1. The van der Waals surface area contributed by atoms with Crippen molar-refractivity contribution in [3.05, 3.63) is 59.8 Å². The van der Waals surface area contributed by atoms with Crippen LogP contribution in [0.4, 0.5) is 17.5 Å². The zero-order valence-electron chi connectivity index (χ0n) is 22.4. The fraction of sp³-hybridized carbons (Fsp3) is 0.414. The Kier molecular flexibility index (Phi) is 7.92. The molecular weight excluding hydrogens is 512 g/mol. The van der Waals surface area contributed by atoms with Crippen LogP contribution in [-0.2, 0) is 11.3 Å². The number of rotatable bonds is 8. The van der Waals surface area contributed by atoms with E-state index < -0.39 is 0 Å². The Morgan fingerprint density at radius 1 is 0.897 bits per heavy atom. The van der Waals surface area contributed by atoms with Gasteiger partial charge in [0.2, 0.25) is 5.95 Å². The van der Waals surface area contributed by atoms with Gasteiger partial charge in [0.05, 0.1) is 30.6 Å². The summed E-state index contributed by atoms with van der Waals surface area (Å²) in [6.45, 7) is 9.46. The van der Waals surface area contributed by atoms with Crippen LogP contribution in [0.25, 0.3) is 22.2 Å². The number of hydrogen-bond acceptors (Lipinski definition) is 8. The number of anilines is 3. The first kappa shape index (κ1) is 26.0. The van der Waals surface area contributed by atoms with Gasteiger partial charge in [-0.05, 0) is 50.3 Å². The minimum absolute atomic E-state index is 0.673. The first-order valence-electron chi connectivity index (χ1n) is 13.7. The molecule has 39 heavy (non-hydrogen) atoms. The summed E-state index contributed by atoms with van der Waals surface area (Å²) in [7, 11) is 2.20. The normalized spacial score (nSPS) is 17.1. The Bertz CT molecular complexity index is 1390. The largest absolute Gasteiger partial charge is 0.378 e.